The standard InChI is InChI=1S/C12H18N2O2/c1-3-16-9-5-8-13-12(15)11-7-4-6-10(2)14-11/h4,6-7H,3,5,8-9H2,1-2H3,(H,13,15). The van der Waals surface area contributed by atoms with Crippen LogP contribution >= 0.6 is 0 Å². The third kappa shape index (κ3) is 4.40. The van der Waals surface area contributed by atoms with Crippen LogP contribution < -0.4 is 5.32 Å². The minimum atomic E-state index is -0.125. The second kappa shape index (κ2) is 6.95. The van der Waals surface area contributed by atoms with Gasteiger partial charge in [0.05, 0.1) is 0 Å². The molecule has 0 fully saturated rings. The summed E-state index contributed by atoms with van der Waals surface area (Å²) >= 11 is 0. The van der Waals surface area contributed by atoms with Crippen molar-refractivity contribution in [3.63, 3.8) is 0 Å². The molecule has 88 valence electrons. The van der Waals surface area contributed by atoms with Crippen LogP contribution in [0.15, 0.2) is 18.2 Å². The van der Waals surface area contributed by atoms with Gasteiger partial charge in [-0.05, 0) is 32.4 Å². The van der Waals surface area contributed by atoms with E-state index in [-0.39, 0.29) is 5.91 Å². The molecule has 0 aliphatic carbocycles. The average molecular weight is 222 g/mol. The molecule has 0 atom stereocenters. The van der Waals surface area contributed by atoms with E-state index in [0.717, 1.165) is 12.1 Å². The molecule has 1 aromatic rings. The van der Waals surface area contributed by atoms with Crippen molar-refractivity contribution in [1.29, 1.82) is 0 Å². The van der Waals surface area contributed by atoms with E-state index in [1.165, 1.54) is 0 Å². The summed E-state index contributed by atoms with van der Waals surface area (Å²) in [5, 5.41) is 2.80. The van der Waals surface area contributed by atoms with E-state index in [9.17, 15) is 4.79 Å². The smallest absolute Gasteiger partial charge is 0.269 e. The van der Waals surface area contributed by atoms with Gasteiger partial charge in [-0.25, -0.2) is 4.98 Å². The topological polar surface area (TPSA) is 51.2 Å². The lowest BCUT2D eigenvalue weighted by atomic mass is 10.3. The maximum atomic E-state index is 11.6. The highest BCUT2D eigenvalue weighted by molar-refractivity contribution is 5.92. The van der Waals surface area contributed by atoms with Gasteiger partial charge in [0, 0.05) is 25.5 Å². The number of pyridine rings is 1. The molecule has 0 bridgehead atoms. The van der Waals surface area contributed by atoms with E-state index in [0.29, 0.717) is 25.5 Å². The van der Waals surface area contributed by atoms with Crippen LogP contribution in [0.1, 0.15) is 29.5 Å². The second-order valence-corrected chi connectivity index (χ2v) is 3.47. The number of rotatable bonds is 6. The van der Waals surface area contributed by atoms with E-state index in [1.807, 2.05) is 26.0 Å². The molecule has 4 nitrogen and oxygen atoms in total. The maximum absolute atomic E-state index is 11.6. The summed E-state index contributed by atoms with van der Waals surface area (Å²) in [5.41, 5.74) is 1.32. The summed E-state index contributed by atoms with van der Waals surface area (Å²) in [4.78, 5) is 15.8. The SMILES string of the molecule is CCOCCCNC(=O)c1cccc(C)n1. The van der Waals surface area contributed by atoms with E-state index < -0.39 is 0 Å². The number of carbonyl (C=O) groups excluding carboxylic acids is 1. The third-order valence-corrected chi connectivity index (χ3v) is 2.08. The summed E-state index contributed by atoms with van der Waals surface area (Å²) < 4.78 is 5.17. The quantitative estimate of drug-likeness (QED) is 0.743. The van der Waals surface area contributed by atoms with Crippen molar-refractivity contribution < 1.29 is 9.53 Å². The lowest BCUT2D eigenvalue weighted by molar-refractivity contribution is 0.0939. The average Bonchev–Trinajstić information content (AvgIpc) is 2.28. The predicted octanol–water partition coefficient (Wildman–Crippen LogP) is 1.55. The van der Waals surface area contributed by atoms with Gasteiger partial charge in [0.15, 0.2) is 0 Å². The van der Waals surface area contributed by atoms with Crippen molar-refractivity contribution in [2.75, 3.05) is 19.8 Å². The zero-order valence-corrected chi connectivity index (χ0v) is 9.82. The van der Waals surface area contributed by atoms with Gasteiger partial charge in [-0.15, -0.1) is 0 Å². The molecule has 4 heteroatoms. The third-order valence-electron chi connectivity index (χ3n) is 2.08. The van der Waals surface area contributed by atoms with Crippen molar-refractivity contribution in [3.05, 3.63) is 29.6 Å². The number of aryl methyl sites for hydroxylation is 1. The summed E-state index contributed by atoms with van der Waals surface area (Å²) in [6, 6.07) is 5.41. The molecule has 0 aliphatic heterocycles. The Bertz CT molecular complexity index is 340. The minimum absolute atomic E-state index is 0.125. The first-order valence-corrected chi connectivity index (χ1v) is 5.53. The lowest BCUT2D eigenvalue weighted by Gasteiger charge is -2.05. The van der Waals surface area contributed by atoms with E-state index in [4.69, 9.17) is 4.74 Å². The van der Waals surface area contributed by atoms with Crippen LogP contribution in [0.2, 0.25) is 0 Å². The van der Waals surface area contributed by atoms with E-state index >= 15 is 0 Å². The van der Waals surface area contributed by atoms with Crippen LogP contribution in [0.25, 0.3) is 0 Å². The largest absolute Gasteiger partial charge is 0.382 e. The first-order valence-electron chi connectivity index (χ1n) is 5.53. The van der Waals surface area contributed by atoms with Gasteiger partial charge in [0.1, 0.15) is 5.69 Å². The molecule has 0 aromatic carbocycles. The van der Waals surface area contributed by atoms with E-state index in [1.54, 1.807) is 6.07 Å². The fourth-order valence-electron chi connectivity index (χ4n) is 1.28. The number of hydrogen-bond donors (Lipinski definition) is 1. The molecule has 1 rings (SSSR count). The summed E-state index contributed by atoms with van der Waals surface area (Å²) in [5.74, 6) is -0.125. The molecular weight excluding hydrogens is 204 g/mol. The second-order valence-electron chi connectivity index (χ2n) is 3.47. The number of amides is 1. The van der Waals surface area contributed by atoms with Gasteiger partial charge < -0.3 is 10.1 Å². The van der Waals surface area contributed by atoms with Gasteiger partial charge in [0.25, 0.3) is 5.91 Å². The van der Waals surface area contributed by atoms with Gasteiger partial charge in [0.2, 0.25) is 0 Å². The Morgan fingerprint density at radius 1 is 1.50 bits per heavy atom. The molecule has 0 unspecified atom stereocenters. The zero-order valence-electron chi connectivity index (χ0n) is 9.82. The molecule has 0 aliphatic rings. The van der Waals surface area contributed by atoms with Gasteiger partial charge in [-0.1, -0.05) is 6.07 Å². The van der Waals surface area contributed by atoms with Crippen LogP contribution in [-0.2, 0) is 4.74 Å². The number of ether oxygens (including phenoxy) is 1. The molecule has 1 N–H and O–H groups in total. The molecule has 1 heterocycles. The first kappa shape index (κ1) is 12.6. The van der Waals surface area contributed by atoms with Crippen molar-refractivity contribution in [2.45, 2.75) is 20.3 Å². The number of hydrogen-bond acceptors (Lipinski definition) is 3. The number of carbonyl (C=O) groups is 1. The van der Waals surface area contributed by atoms with Crippen LogP contribution in [0.4, 0.5) is 0 Å². The van der Waals surface area contributed by atoms with Crippen molar-refractivity contribution in [2.24, 2.45) is 0 Å². The van der Waals surface area contributed by atoms with Gasteiger partial charge in [-0.2, -0.15) is 0 Å². The van der Waals surface area contributed by atoms with Crippen molar-refractivity contribution in [1.82, 2.24) is 10.3 Å². The molecule has 16 heavy (non-hydrogen) atoms. The Morgan fingerprint density at radius 2 is 2.31 bits per heavy atom. The molecule has 0 saturated carbocycles. The monoisotopic (exact) mass is 222 g/mol. The van der Waals surface area contributed by atoms with Crippen LogP contribution in [0.5, 0.6) is 0 Å². The Labute approximate surface area is 96.0 Å². The molecule has 0 spiro atoms. The van der Waals surface area contributed by atoms with Crippen molar-refractivity contribution in [3.8, 4) is 0 Å². The molecule has 1 amide bonds. The molecule has 1 aromatic heterocycles. The van der Waals surface area contributed by atoms with E-state index in [2.05, 4.69) is 10.3 Å². The summed E-state index contributed by atoms with van der Waals surface area (Å²) in [6.07, 6.45) is 0.825. The number of nitrogens with zero attached hydrogens (tertiary/aromatic N) is 1. The Morgan fingerprint density at radius 3 is 3.00 bits per heavy atom. The predicted molar refractivity (Wildman–Crippen MR) is 62.4 cm³/mol. The first-order chi connectivity index (χ1) is 7.74. The fourth-order valence-corrected chi connectivity index (χ4v) is 1.28. The zero-order chi connectivity index (χ0) is 11.8. The molecule has 0 saturated heterocycles. The highest BCUT2D eigenvalue weighted by atomic mass is 16.5. The van der Waals surface area contributed by atoms with Crippen LogP contribution in [0.3, 0.4) is 0 Å². The summed E-state index contributed by atoms with van der Waals surface area (Å²) in [6.45, 7) is 5.83. The lowest BCUT2D eigenvalue weighted by Crippen LogP contribution is -2.26. The van der Waals surface area contributed by atoms with Gasteiger partial charge in [-0.3, -0.25) is 4.79 Å². The highest BCUT2D eigenvalue weighted by Gasteiger charge is 2.05. The number of aromatic nitrogens is 1. The highest BCUT2D eigenvalue weighted by Crippen LogP contribution is 1.97. The number of nitrogens with one attached hydrogen (secondary N) is 1. The van der Waals surface area contributed by atoms with Gasteiger partial charge >= 0.3 is 0 Å². The minimum Gasteiger partial charge on any atom is -0.382 e. The van der Waals surface area contributed by atoms with Crippen molar-refractivity contribution >= 4 is 5.91 Å². The normalized spacial score (nSPS) is 10.1. The molecular formula is C12H18N2O2. The molecule has 0 radical (unpaired) electrons. The Kier molecular flexibility index (Phi) is 5.50. The Hall–Kier alpha value is -1.42. The Balaban J connectivity index is 2.30. The summed E-state index contributed by atoms with van der Waals surface area (Å²) in [7, 11) is 0. The van der Waals surface area contributed by atoms with Crippen LogP contribution in [0, 0.1) is 6.92 Å². The maximum Gasteiger partial charge on any atom is 0.269 e. The fraction of sp³-hybridized carbons (Fsp3) is 0.500. The van der Waals surface area contributed by atoms with Crippen LogP contribution in [-0.4, -0.2) is 30.6 Å².